The van der Waals surface area contributed by atoms with E-state index in [9.17, 15) is 8.78 Å². The molecule has 2 nitrogen and oxygen atoms in total. The van der Waals surface area contributed by atoms with Crippen molar-refractivity contribution in [2.24, 2.45) is 0 Å². The molecule has 7 heteroatoms. The first-order valence-corrected chi connectivity index (χ1v) is 8.13. The molecule has 0 aliphatic carbocycles. The Hall–Kier alpha value is -0.500. The minimum Gasteiger partial charge on any atom is -0.435 e. The Labute approximate surface area is 136 Å². The summed E-state index contributed by atoms with van der Waals surface area (Å²) in [7, 11) is 0. The molecular weight excluding hydrogens is 416 g/mol. The molecule has 108 valence electrons. The number of hydrogen-bond acceptors (Lipinski definition) is 3. The van der Waals surface area contributed by atoms with Crippen LogP contribution in [0, 0.1) is 0 Å². The van der Waals surface area contributed by atoms with Gasteiger partial charge < -0.3 is 10.1 Å². The van der Waals surface area contributed by atoms with Crippen molar-refractivity contribution in [3.05, 3.63) is 49.0 Å². The van der Waals surface area contributed by atoms with E-state index >= 15 is 0 Å². The Morgan fingerprint density at radius 1 is 1.15 bits per heavy atom. The van der Waals surface area contributed by atoms with Gasteiger partial charge >= 0.3 is 6.61 Å². The van der Waals surface area contributed by atoms with Crippen LogP contribution in [-0.2, 0) is 13.1 Å². The highest BCUT2D eigenvalue weighted by Crippen LogP contribution is 2.32. The van der Waals surface area contributed by atoms with Crippen LogP contribution in [0.15, 0.2) is 38.6 Å². The normalized spacial score (nSPS) is 11.1. The zero-order valence-corrected chi connectivity index (χ0v) is 14.2. The van der Waals surface area contributed by atoms with E-state index in [1.807, 2.05) is 0 Å². The summed E-state index contributed by atoms with van der Waals surface area (Å²) in [6, 6.07) is 8.68. The number of halogens is 4. The Balaban J connectivity index is 1.82. The molecule has 0 bridgehead atoms. The van der Waals surface area contributed by atoms with Gasteiger partial charge in [-0.05, 0) is 55.6 Å². The van der Waals surface area contributed by atoms with Gasteiger partial charge in [-0.1, -0.05) is 12.1 Å². The van der Waals surface area contributed by atoms with Crippen LogP contribution >= 0.6 is 43.2 Å². The van der Waals surface area contributed by atoms with Crippen molar-refractivity contribution >= 4 is 43.2 Å². The first-order valence-electron chi connectivity index (χ1n) is 5.73. The highest BCUT2D eigenvalue weighted by atomic mass is 79.9. The van der Waals surface area contributed by atoms with Crippen LogP contribution in [0.3, 0.4) is 0 Å². The van der Waals surface area contributed by atoms with Gasteiger partial charge in [-0.25, -0.2) is 0 Å². The quantitative estimate of drug-likeness (QED) is 0.688. The molecule has 1 aromatic heterocycles. The van der Waals surface area contributed by atoms with E-state index in [1.54, 1.807) is 35.6 Å². The lowest BCUT2D eigenvalue weighted by molar-refractivity contribution is -0.0498. The molecule has 0 saturated carbocycles. The SMILES string of the molecule is FC(F)Oc1ccc(CNCc2cc(Br)c(Br)s2)cc1. The van der Waals surface area contributed by atoms with Crippen LogP contribution < -0.4 is 10.1 Å². The van der Waals surface area contributed by atoms with Gasteiger partial charge in [-0.3, -0.25) is 0 Å². The topological polar surface area (TPSA) is 21.3 Å². The summed E-state index contributed by atoms with van der Waals surface area (Å²) < 4.78 is 30.4. The van der Waals surface area contributed by atoms with Crippen molar-refractivity contribution in [1.82, 2.24) is 5.32 Å². The molecule has 0 unspecified atom stereocenters. The fourth-order valence-corrected chi connectivity index (χ4v) is 3.74. The van der Waals surface area contributed by atoms with Crippen LogP contribution in [-0.4, -0.2) is 6.61 Å². The first kappa shape index (κ1) is 15.9. The largest absolute Gasteiger partial charge is 0.435 e. The maximum Gasteiger partial charge on any atom is 0.387 e. The number of alkyl halides is 2. The summed E-state index contributed by atoms with van der Waals surface area (Å²) in [6.07, 6.45) is 0. The molecule has 20 heavy (non-hydrogen) atoms. The van der Waals surface area contributed by atoms with Gasteiger partial charge in [0.15, 0.2) is 0 Å². The predicted molar refractivity (Wildman–Crippen MR) is 83.3 cm³/mol. The number of thiophene rings is 1. The van der Waals surface area contributed by atoms with E-state index in [0.29, 0.717) is 6.54 Å². The van der Waals surface area contributed by atoms with Crippen LogP contribution in [0.2, 0.25) is 0 Å². The van der Waals surface area contributed by atoms with E-state index in [2.05, 4.69) is 48.0 Å². The molecule has 0 aliphatic heterocycles. The van der Waals surface area contributed by atoms with E-state index in [-0.39, 0.29) is 5.75 Å². The fourth-order valence-electron chi connectivity index (χ4n) is 1.60. The second-order valence-electron chi connectivity index (χ2n) is 3.96. The van der Waals surface area contributed by atoms with Crippen LogP contribution in [0.4, 0.5) is 8.78 Å². The van der Waals surface area contributed by atoms with E-state index in [0.717, 1.165) is 20.4 Å². The second kappa shape index (κ2) is 7.49. The Bertz CT molecular complexity index is 540. The van der Waals surface area contributed by atoms with Gasteiger partial charge in [-0.15, -0.1) is 11.3 Å². The monoisotopic (exact) mass is 425 g/mol. The second-order valence-corrected chi connectivity index (χ2v) is 7.27. The van der Waals surface area contributed by atoms with Gasteiger partial charge in [0.25, 0.3) is 0 Å². The summed E-state index contributed by atoms with van der Waals surface area (Å²) >= 11 is 8.55. The molecule has 2 rings (SSSR count). The zero-order valence-electron chi connectivity index (χ0n) is 10.2. The lowest BCUT2D eigenvalue weighted by Crippen LogP contribution is -2.11. The molecule has 1 heterocycles. The van der Waals surface area contributed by atoms with Gasteiger partial charge in [-0.2, -0.15) is 8.78 Å². The van der Waals surface area contributed by atoms with E-state index < -0.39 is 6.61 Å². The molecule has 0 atom stereocenters. The summed E-state index contributed by atoms with van der Waals surface area (Å²) in [5, 5.41) is 3.30. The van der Waals surface area contributed by atoms with Crippen molar-refractivity contribution in [2.45, 2.75) is 19.7 Å². The average molecular weight is 427 g/mol. The first-order chi connectivity index (χ1) is 9.54. The van der Waals surface area contributed by atoms with E-state index in [1.165, 1.54) is 4.88 Å². The number of benzene rings is 1. The van der Waals surface area contributed by atoms with Gasteiger partial charge in [0.2, 0.25) is 0 Å². The Kier molecular flexibility index (Phi) is 5.95. The Morgan fingerprint density at radius 2 is 1.85 bits per heavy atom. The Morgan fingerprint density at radius 3 is 2.40 bits per heavy atom. The molecule has 1 N–H and O–H groups in total. The molecule has 1 aromatic carbocycles. The van der Waals surface area contributed by atoms with Crippen LogP contribution in [0.1, 0.15) is 10.4 Å². The molecule has 0 radical (unpaired) electrons. The number of ether oxygens (including phenoxy) is 1. The molecule has 0 fully saturated rings. The number of rotatable bonds is 6. The summed E-state index contributed by atoms with van der Waals surface area (Å²) in [5.41, 5.74) is 1.02. The van der Waals surface area contributed by atoms with Gasteiger partial charge in [0.05, 0.1) is 3.79 Å². The third-order valence-electron chi connectivity index (χ3n) is 2.47. The van der Waals surface area contributed by atoms with Crippen molar-refractivity contribution in [1.29, 1.82) is 0 Å². The minimum absolute atomic E-state index is 0.176. The van der Waals surface area contributed by atoms with Crippen molar-refractivity contribution in [3.63, 3.8) is 0 Å². The summed E-state index contributed by atoms with van der Waals surface area (Å²) in [4.78, 5) is 1.21. The van der Waals surface area contributed by atoms with Crippen molar-refractivity contribution in [2.75, 3.05) is 0 Å². The minimum atomic E-state index is -2.78. The van der Waals surface area contributed by atoms with Crippen molar-refractivity contribution in [3.8, 4) is 5.75 Å². The lowest BCUT2D eigenvalue weighted by Gasteiger charge is -2.06. The highest BCUT2D eigenvalue weighted by Gasteiger charge is 2.05. The summed E-state index contributed by atoms with van der Waals surface area (Å²) in [5.74, 6) is 0.176. The third-order valence-corrected chi connectivity index (χ3v) is 5.73. The number of nitrogens with one attached hydrogen (secondary N) is 1. The third kappa shape index (κ3) is 4.80. The molecule has 2 aromatic rings. The average Bonchev–Trinajstić information content (AvgIpc) is 2.70. The smallest absolute Gasteiger partial charge is 0.387 e. The maximum atomic E-state index is 12.0. The van der Waals surface area contributed by atoms with Crippen molar-refractivity contribution < 1.29 is 13.5 Å². The lowest BCUT2D eigenvalue weighted by atomic mass is 10.2. The maximum absolute atomic E-state index is 12.0. The molecular formula is C13H11Br2F2NOS. The highest BCUT2D eigenvalue weighted by molar-refractivity contribution is 9.13. The van der Waals surface area contributed by atoms with E-state index in [4.69, 9.17) is 0 Å². The molecule has 0 aliphatic rings. The van der Waals surface area contributed by atoms with Crippen LogP contribution in [0.25, 0.3) is 0 Å². The standard InChI is InChI=1S/C13H11Br2F2NOS/c14-11-5-10(20-12(11)15)7-18-6-8-1-3-9(4-2-8)19-13(16)17/h1-5,13,18H,6-7H2. The summed E-state index contributed by atoms with van der Waals surface area (Å²) in [6.45, 7) is -1.36. The van der Waals surface area contributed by atoms with Crippen LogP contribution in [0.5, 0.6) is 5.75 Å². The fraction of sp³-hybridized carbons (Fsp3) is 0.231. The van der Waals surface area contributed by atoms with Gasteiger partial charge in [0, 0.05) is 22.4 Å². The molecule has 0 amide bonds. The molecule has 0 saturated heterocycles. The number of hydrogen-bond donors (Lipinski definition) is 1. The molecule has 0 spiro atoms. The van der Waals surface area contributed by atoms with Gasteiger partial charge in [0.1, 0.15) is 5.75 Å². The zero-order chi connectivity index (χ0) is 14.5. The predicted octanol–water partition coefficient (Wildman–Crippen LogP) is 5.16.